The molecule has 14 heavy (non-hydrogen) atoms. The number of carboxylic acids is 1. The zero-order chi connectivity index (χ0) is 10.1. The molecule has 2 aromatic rings. The summed E-state index contributed by atoms with van der Waals surface area (Å²) in [4.78, 5) is 14.9. The number of aromatic carboxylic acids is 1. The first kappa shape index (κ1) is 8.76. The lowest BCUT2D eigenvalue weighted by Crippen LogP contribution is -1.98. The number of nitrogens with zero attached hydrogens (tertiary/aromatic N) is 1. The van der Waals surface area contributed by atoms with E-state index in [-0.39, 0.29) is 10.8 Å². The minimum atomic E-state index is -1.11. The number of hydrogen-bond acceptors (Lipinski definition) is 5. The summed E-state index contributed by atoms with van der Waals surface area (Å²) in [6.07, 6.45) is 1.47. The third-order valence-corrected chi connectivity index (χ3v) is 2.49. The topological polar surface area (TPSA) is 89.3 Å². The molecule has 0 amide bonds. The van der Waals surface area contributed by atoms with Crippen LogP contribution in [0.4, 0.5) is 5.13 Å². The molecule has 0 saturated heterocycles. The second-order valence-electron chi connectivity index (χ2n) is 2.51. The van der Waals surface area contributed by atoms with Gasteiger partial charge in [-0.2, -0.15) is 0 Å². The van der Waals surface area contributed by atoms with Gasteiger partial charge < -0.3 is 15.3 Å². The van der Waals surface area contributed by atoms with E-state index in [1.165, 1.54) is 6.26 Å². The lowest BCUT2D eigenvalue weighted by Gasteiger charge is -1.91. The SMILES string of the molecule is Nc1nc(C(=O)O)c(-c2ccco2)s1. The first-order valence-electron chi connectivity index (χ1n) is 3.72. The standard InChI is InChI=1S/C8H6N2O3S/c9-8-10-5(7(11)12)6(14-8)4-2-1-3-13-4/h1-3H,(H2,9,10)(H,11,12). The Kier molecular flexibility index (Phi) is 1.97. The van der Waals surface area contributed by atoms with Gasteiger partial charge in [0.1, 0.15) is 10.6 Å². The molecule has 2 heterocycles. The van der Waals surface area contributed by atoms with Gasteiger partial charge in [-0.25, -0.2) is 9.78 Å². The predicted molar refractivity (Wildman–Crippen MR) is 51.2 cm³/mol. The lowest BCUT2D eigenvalue weighted by molar-refractivity contribution is 0.0692. The highest BCUT2D eigenvalue weighted by molar-refractivity contribution is 7.19. The molecule has 3 N–H and O–H groups in total. The number of carbonyl (C=O) groups is 1. The van der Waals surface area contributed by atoms with Crippen LogP contribution in [0.1, 0.15) is 10.5 Å². The summed E-state index contributed by atoms with van der Waals surface area (Å²) < 4.78 is 5.08. The molecule has 0 saturated carbocycles. The Morgan fingerprint density at radius 1 is 1.64 bits per heavy atom. The number of thiazole rings is 1. The van der Waals surface area contributed by atoms with E-state index in [0.717, 1.165) is 11.3 Å². The quantitative estimate of drug-likeness (QED) is 0.787. The minimum absolute atomic E-state index is 0.0672. The second kappa shape index (κ2) is 3.15. The van der Waals surface area contributed by atoms with Gasteiger partial charge in [0.05, 0.1) is 6.26 Å². The Balaban J connectivity index is 2.58. The van der Waals surface area contributed by atoms with Crippen molar-refractivity contribution in [3.63, 3.8) is 0 Å². The molecular formula is C8H6N2O3S. The summed E-state index contributed by atoms with van der Waals surface area (Å²) in [6, 6.07) is 3.34. The normalized spacial score (nSPS) is 10.3. The zero-order valence-corrected chi connectivity index (χ0v) is 7.75. The highest BCUT2D eigenvalue weighted by Gasteiger charge is 2.19. The van der Waals surface area contributed by atoms with E-state index in [0.29, 0.717) is 10.6 Å². The van der Waals surface area contributed by atoms with Crippen LogP contribution in [-0.2, 0) is 0 Å². The summed E-state index contributed by atoms with van der Waals surface area (Å²) in [5.41, 5.74) is 5.36. The predicted octanol–water partition coefficient (Wildman–Crippen LogP) is 1.68. The first-order valence-corrected chi connectivity index (χ1v) is 4.53. The monoisotopic (exact) mass is 210 g/mol. The highest BCUT2D eigenvalue weighted by Crippen LogP contribution is 2.31. The van der Waals surface area contributed by atoms with E-state index in [4.69, 9.17) is 15.3 Å². The van der Waals surface area contributed by atoms with Gasteiger partial charge in [-0.3, -0.25) is 0 Å². The number of carboxylic acid groups (broad SMARTS) is 1. The van der Waals surface area contributed by atoms with Crippen molar-refractivity contribution < 1.29 is 14.3 Å². The Morgan fingerprint density at radius 2 is 2.43 bits per heavy atom. The van der Waals surface area contributed by atoms with Crippen LogP contribution in [0.25, 0.3) is 10.6 Å². The molecule has 72 valence electrons. The van der Waals surface area contributed by atoms with Gasteiger partial charge in [0, 0.05) is 0 Å². The second-order valence-corrected chi connectivity index (χ2v) is 3.54. The molecule has 0 bridgehead atoms. The van der Waals surface area contributed by atoms with Gasteiger partial charge in [-0.1, -0.05) is 11.3 Å². The minimum Gasteiger partial charge on any atom is -0.476 e. The van der Waals surface area contributed by atoms with Gasteiger partial charge in [0.15, 0.2) is 10.8 Å². The molecule has 6 heteroatoms. The van der Waals surface area contributed by atoms with Crippen LogP contribution >= 0.6 is 11.3 Å². The van der Waals surface area contributed by atoms with Gasteiger partial charge in [0.25, 0.3) is 0 Å². The van der Waals surface area contributed by atoms with Crippen molar-refractivity contribution in [3.05, 3.63) is 24.1 Å². The van der Waals surface area contributed by atoms with Gasteiger partial charge in [-0.05, 0) is 12.1 Å². The Bertz CT molecular complexity index is 461. The third-order valence-electron chi connectivity index (χ3n) is 1.59. The van der Waals surface area contributed by atoms with E-state index in [9.17, 15) is 4.79 Å². The van der Waals surface area contributed by atoms with E-state index in [2.05, 4.69) is 4.98 Å². The van der Waals surface area contributed by atoms with Crippen LogP contribution in [0.5, 0.6) is 0 Å². The molecule has 0 unspecified atom stereocenters. The summed E-state index contributed by atoms with van der Waals surface area (Å²) in [5.74, 6) is -0.638. The molecule has 2 rings (SSSR count). The molecule has 0 aliphatic carbocycles. The number of nitrogens with two attached hydrogens (primary N) is 1. The van der Waals surface area contributed by atoms with Crippen LogP contribution in [0.15, 0.2) is 22.8 Å². The number of anilines is 1. The summed E-state index contributed by atoms with van der Waals surface area (Å²) >= 11 is 1.09. The van der Waals surface area contributed by atoms with E-state index < -0.39 is 5.97 Å². The van der Waals surface area contributed by atoms with Crippen molar-refractivity contribution in [1.82, 2.24) is 4.98 Å². The molecule has 0 fully saturated rings. The molecule has 5 nitrogen and oxygen atoms in total. The van der Waals surface area contributed by atoms with Crippen molar-refractivity contribution in [1.29, 1.82) is 0 Å². The molecule has 0 aromatic carbocycles. The number of hydrogen-bond donors (Lipinski definition) is 2. The summed E-state index contributed by atoms with van der Waals surface area (Å²) in [5, 5.41) is 9.04. The van der Waals surface area contributed by atoms with E-state index >= 15 is 0 Å². The maximum atomic E-state index is 10.8. The van der Waals surface area contributed by atoms with Crippen LogP contribution in [0.3, 0.4) is 0 Å². The van der Waals surface area contributed by atoms with E-state index in [1.807, 2.05) is 0 Å². The smallest absolute Gasteiger partial charge is 0.356 e. The molecule has 0 spiro atoms. The van der Waals surface area contributed by atoms with Crippen molar-refractivity contribution in [2.75, 3.05) is 5.73 Å². The average Bonchev–Trinajstić information content (AvgIpc) is 2.70. The molecule has 2 aromatic heterocycles. The zero-order valence-electron chi connectivity index (χ0n) is 6.93. The number of aromatic nitrogens is 1. The van der Waals surface area contributed by atoms with Crippen molar-refractivity contribution in [2.24, 2.45) is 0 Å². The van der Waals surface area contributed by atoms with Gasteiger partial charge in [-0.15, -0.1) is 0 Å². The molecule has 0 aliphatic rings. The summed E-state index contributed by atoms with van der Waals surface area (Å²) in [7, 11) is 0. The molecule has 0 aliphatic heterocycles. The van der Waals surface area contributed by atoms with Crippen LogP contribution in [-0.4, -0.2) is 16.1 Å². The lowest BCUT2D eigenvalue weighted by atomic mass is 10.3. The Hall–Kier alpha value is -1.82. The van der Waals surface area contributed by atoms with E-state index in [1.54, 1.807) is 12.1 Å². The Morgan fingerprint density at radius 3 is 3.00 bits per heavy atom. The maximum Gasteiger partial charge on any atom is 0.356 e. The largest absolute Gasteiger partial charge is 0.476 e. The van der Waals surface area contributed by atoms with Crippen molar-refractivity contribution >= 4 is 22.4 Å². The first-order chi connectivity index (χ1) is 6.68. The number of rotatable bonds is 2. The van der Waals surface area contributed by atoms with Crippen molar-refractivity contribution in [2.45, 2.75) is 0 Å². The van der Waals surface area contributed by atoms with Crippen LogP contribution in [0.2, 0.25) is 0 Å². The molecule has 0 atom stereocenters. The molecular weight excluding hydrogens is 204 g/mol. The highest BCUT2D eigenvalue weighted by atomic mass is 32.1. The fourth-order valence-electron chi connectivity index (χ4n) is 1.06. The van der Waals surface area contributed by atoms with Crippen molar-refractivity contribution in [3.8, 4) is 10.6 Å². The average molecular weight is 210 g/mol. The number of nitrogen functional groups attached to an aromatic ring is 1. The fourth-order valence-corrected chi connectivity index (χ4v) is 1.85. The molecule has 0 radical (unpaired) electrons. The Labute approximate surface area is 82.8 Å². The van der Waals surface area contributed by atoms with Crippen LogP contribution < -0.4 is 5.73 Å². The third kappa shape index (κ3) is 1.35. The maximum absolute atomic E-state index is 10.8. The van der Waals surface area contributed by atoms with Gasteiger partial charge in [0.2, 0.25) is 0 Å². The summed E-state index contributed by atoms with van der Waals surface area (Å²) in [6.45, 7) is 0. The number of furan rings is 1. The fraction of sp³-hybridized carbons (Fsp3) is 0. The van der Waals surface area contributed by atoms with Gasteiger partial charge >= 0.3 is 5.97 Å². The van der Waals surface area contributed by atoms with Crippen LogP contribution in [0, 0.1) is 0 Å².